The summed E-state index contributed by atoms with van der Waals surface area (Å²) in [6, 6.07) is 6.91. The molecule has 0 saturated heterocycles. The molecule has 4 fully saturated rings. The third-order valence-corrected chi connectivity index (χ3v) is 9.89. The van der Waals surface area contributed by atoms with Gasteiger partial charge in [-0.05, 0) is 106 Å². The lowest BCUT2D eigenvalue weighted by atomic mass is 9.53. The third kappa shape index (κ3) is 3.70. The molecule has 0 aromatic heterocycles. The standard InChI is InChI=1S/C24H34N2O3S/c1-15-2-6-18(7-3-15)30(28,29)26-25-24-13-12-22-21-8-4-16-14-17(27)5-9-19(16)20(21)10-11-23(22)24/h2-3,6-7,16-17,19-23,26-27H,4-5,8-14H2,1H3/t16-,17+,19+,20-,21+,22+,23+/m1/s1. The van der Waals surface area contributed by atoms with Crippen LogP contribution in [0.15, 0.2) is 34.3 Å². The highest BCUT2D eigenvalue weighted by Crippen LogP contribution is 2.57. The van der Waals surface area contributed by atoms with Crippen molar-refractivity contribution < 1.29 is 13.5 Å². The van der Waals surface area contributed by atoms with E-state index >= 15 is 0 Å². The fourth-order valence-corrected chi connectivity index (χ4v) is 8.13. The number of hydrogen-bond donors (Lipinski definition) is 2. The number of aliphatic hydroxyl groups excluding tert-OH is 1. The predicted octanol–water partition coefficient (Wildman–Crippen LogP) is 4.25. The quantitative estimate of drug-likeness (QED) is 0.704. The number of nitrogens with zero attached hydrogens (tertiary/aromatic N) is 1. The lowest BCUT2D eigenvalue weighted by Gasteiger charge is -2.52. The zero-order valence-electron chi connectivity index (χ0n) is 17.8. The van der Waals surface area contributed by atoms with Gasteiger partial charge >= 0.3 is 0 Å². The highest BCUT2D eigenvalue weighted by atomic mass is 32.2. The van der Waals surface area contributed by atoms with E-state index in [2.05, 4.69) is 9.93 Å². The second kappa shape index (κ2) is 7.94. The second-order valence-electron chi connectivity index (χ2n) is 10.2. The van der Waals surface area contributed by atoms with Gasteiger partial charge in [0.05, 0.1) is 11.0 Å². The van der Waals surface area contributed by atoms with E-state index in [-0.39, 0.29) is 11.0 Å². The van der Waals surface area contributed by atoms with Crippen LogP contribution in [-0.2, 0) is 10.0 Å². The van der Waals surface area contributed by atoms with Crippen molar-refractivity contribution in [3.05, 3.63) is 29.8 Å². The maximum Gasteiger partial charge on any atom is 0.276 e. The van der Waals surface area contributed by atoms with Gasteiger partial charge in [0.2, 0.25) is 0 Å². The number of aliphatic hydroxyl groups is 1. The van der Waals surface area contributed by atoms with Crippen molar-refractivity contribution in [3.8, 4) is 0 Å². The SMILES string of the molecule is Cc1ccc(S(=O)(=O)NN=C2CC[C@H]3[C@H]4CC[C@@H]5C[C@@H](O)CC[C@@H]5[C@H]4CC[C@H]23)cc1. The average Bonchev–Trinajstić information content (AvgIpc) is 3.15. The van der Waals surface area contributed by atoms with Crippen LogP contribution in [0.2, 0.25) is 0 Å². The Bertz CT molecular complexity index is 911. The fraction of sp³-hybridized carbons (Fsp3) is 0.708. The van der Waals surface area contributed by atoms with Crippen LogP contribution < -0.4 is 4.83 Å². The van der Waals surface area contributed by atoms with Gasteiger partial charge in [-0.3, -0.25) is 0 Å². The Labute approximate surface area is 180 Å². The number of aryl methyl sites for hydroxylation is 1. The van der Waals surface area contributed by atoms with E-state index in [0.29, 0.717) is 11.8 Å². The molecule has 4 aliphatic rings. The zero-order chi connectivity index (χ0) is 20.9. The summed E-state index contributed by atoms with van der Waals surface area (Å²) in [4.78, 5) is 2.80. The largest absolute Gasteiger partial charge is 0.393 e. The molecule has 4 saturated carbocycles. The summed E-state index contributed by atoms with van der Waals surface area (Å²) in [5, 5.41) is 14.5. The molecule has 2 N–H and O–H groups in total. The Hall–Kier alpha value is -1.40. The molecule has 1 aromatic rings. The number of fused-ring (bicyclic) bond motifs is 5. The summed E-state index contributed by atoms with van der Waals surface area (Å²) >= 11 is 0. The van der Waals surface area contributed by atoms with Crippen LogP contribution in [0, 0.1) is 42.4 Å². The fourth-order valence-electron chi connectivity index (χ4n) is 7.30. The van der Waals surface area contributed by atoms with Crippen LogP contribution in [0.5, 0.6) is 0 Å². The summed E-state index contributed by atoms with van der Waals surface area (Å²) in [5.41, 5.74) is 2.10. The average molecular weight is 431 g/mol. The van der Waals surface area contributed by atoms with Crippen molar-refractivity contribution in [3.63, 3.8) is 0 Å². The van der Waals surface area contributed by atoms with E-state index in [4.69, 9.17) is 0 Å². The van der Waals surface area contributed by atoms with Crippen LogP contribution in [0.25, 0.3) is 0 Å². The van der Waals surface area contributed by atoms with Crippen molar-refractivity contribution in [2.75, 3.05) is 0 Å². The maximum atomic E-state index is 12.6. The van der Waals surface area contributed by atoms with E-state index in [9.17, 15) is 13.5 Å². The Morgan fingerprint density at radius 1 is 0.900 bits per heavy atom. The summed E-state index contributed by atoms with van der Waals surface area (Å²) in [5.74, 6) is 4.20. The summed E-state index contributed by atoms with van der Waals surface area (Å²) in [6.45, 7) is 1.95. The molecule has 0 bridgehead atoms. The lowest BCUT2D eigenvalue weighted by Crippen LogP contribution is -2.45. The van der Waals surface area contributed by atoms with Gasteiger partial charge in [-0.1, -0.05) is 17.7 Å². The Morgan fingerprint density at radius 2 is 1.60 bits per heavy atom. The summed E-state index contributed by atoms with van der Waals surface area (Å²) in [6.07, 6.45) is 10.1. The van der Waals surface area contributed by atoms with Crippen LogP contribution in [0.3, 0.4) is 0 Å². The van der Waals surface area contributed by atoms with Gasteiger partial charge in [-0.15, -0.1) is 0 Å². The Balaban J connectivity index is 1.28. The maximum absolute atomic E-state index is 12.6. The van der Waals surface area contributed by atoms with Gasteiger partial charge in [0.25, 0.3) is 10.0 Å². The molecule has 5 rings (SSSR count). The molecule has 0 unspecified atom stereocenters. The molecule has 0 radical (unpaired) electrons. The van der Waals surface area contributed by atoms with Gasteiger partial charge in [0, 0.05) is 11.6 Å². The van der Waals surface area contributed by atoms with Gasteiger partial charge in [-0.2, -0.15) is 13.5 Å². The molecule has 5 nitrogen and oxygen atoms in total. The van der Waals surface area contributed by atoms with Crippen LogP contribution >= 0.6 is 0 Å². The molecule has 1 aromatic carbocycles. The number of rotatable bonds is 3. The van der Waals surface area contributed by atoms with Crippen LogP contribution in [0.4, 0.5) is 0 Å². The van der Waals surface area contributed by atoms with Crippen molar-refractivity contribution in [1.82, 2.24) is 4.83 Å². The molecule has 4 aliphatic carbocycles. The molecule has 6 heteroatoms. The molecular weight excluding hydrogens is 396 g/mol. The monoisotopic (exact) mass is 430 g/mol. The highest BCUT2D eigenvalue weighted by Gasteiger charge is 2.51. The number of hydrazone groups is 1. The first-order chi connectivity index (χ1) is 14.4. The molecule has 7 atom stereocenters. The number of sulfonamides is 1. The van der Waals surface area contributed by atoms with Crippen molar-refractivity contribution in [2.45, 2.75) is 75.7 Å². The molecule has 0 amide bonds. The van der Waals surface area contributed by atoms with Crippen molar-refractivity contribution in [1.29, 1.82) is 0 Å². The van der Waals surface area contributed by atoms with E-state index in [1.165, 1.54) is 25.7 Å². The van der Waals surface area contributed by atoms with E-state index in [0.717, 1.165) is 67.1 Å². The lowest BCUT2D eigenvalue weighted by molar-refractivity contribution is -0.0411. The minimum atomic E-state index is -3.61. The number of hydrogen-bond acceptors (Lipinski definition) is 4. The first kappa shape index (κ1) is 20.5. The van der Waals surface area contributed by atoms with E-state index in [1.807, 2.05) is 19.1 Å². The van der Waals surface area contributed by atoms with E-state index in [1.54, 1.807) is 12.1 Å². The molecule has 30 heavy (non-hydrogen) atoms. The molecule has 0 heterocycles. The van der Waals surface area contributed by atoms with Crippen molar-refractivity contribution in [2.24, 2.45) is 40.6 Å². The molecular formula is C24H34N2O3S. The normalized spacial score (nSPS) is 39.8. The zero-order valence-corrected chi connectivity index (χ0v) is 18.7. The minimum Gasteiger partial charge on any atom is -0.393 e. The third-order valence-electron chi connectivity index (χ3n) is 8.66. The Kier molecular flexibility index (Phi) is 5.42. The van der Waals surface area contributed by atoms with E-state index < -0.39 is 10.0 Å². The topological polar surface area (TPSA) is 78.8 Å². The highest BCUT2D eigenvalue weighted by molar-refractivity contribution is 7.89. The molecule has 164 valence electrons. The van der Waals surface area contributed by atoms with Gasteiger partial charge in [0.15, 0.2) is 0 Å². The summed E-state index contributed by atoms with van der Waals surface area (Å²) in [7, 11) is -3.61. The van der Waals surface area contributed by atoms with Crippen molar-refractivity contribution >= 4 is 15.7 Å². The smallest absolute Gasteiger partial charge is 0.276 e. The van der Waals surface area contributed by atoms with Crippen LogP contribution in [0.1, 0.15) is 63.4 Å². The molecule has 0 spiro atoms. The second-order valence-corrected chi connectivity index (χ2v) is 11.9. The number of benzene rings is 1. The van der Waals surface area contributed by atoms with Gasteiger partial charge in [0.1, 0.15) is 0 Å². The van der Waals surface area contributed by atoms with Gasteiger partial charge < -0.3 is 5.11 Å². The van der Waals surface area contributed by atoms with Gasteiger partial charge in [-0.25, -0.2) is 4.83 Å². The molecule has 0 aliphatic heterocycles. The first-order valence-corrected chi connectivity index (χ1v) is 13.2. The predicted molar refractivity (Wildman–Crippen MR) is 117 cm³/mol. The summed E-state index contributed by atoms with van der Waals surface area (Å²) < 4.78 is 25.3. The van der Waals surface area contributed by atoms with Crippen LogP contribution in [-0.4, -0.2) is 25.3 Å². The minimum absolute atomic E-state index is 0.0779. The first-order valence-electron chi connectivity index (χ1n) is 11.8. The Morgan fingerprint density at radius 3 is 2.40 bits per heavy atom. The number of nitrogens with one attached hydrogen (secondary N) is 1.